The molecule has 0 aliphatic heterocycles. The Hall–Kier alpha value is -2.27. The van der Waals surface area contributed by atoms with Gasteiger partial charge in [0.1, 0.15) is 17.6 Å². The second-order valence-electron chi connectivity index (χ2n) is 5.35. The molecule has 3 nitrogen and oxygen atoms in total. The van der Waals surface area contributed by atoms with Crippen molar-refractivity contribution < 1.29 is 18.7 Å². The number of amides is 1. The van der Waals surface area contributed by atoms with Crippen LogP contribution in [0.15, 0.2) is 48.5 Å². The smallest absolute Gasteiger partial charge is 0.248 e. The molecule has 0 aliphatic rings. The molecule has 5 heteroatoms. The van der Waals surface area contributed by atoms with E-state index in [1.165, 1.54) is 25.1 Å². The Morgan fingerprint density at radius 2 is 1.82 bits per heavy atom. The highest BCUT2D eigenvalue weighted by atomic mass is 19.1. The fourth-order valence-electron chi connectivity index (χ4n) is 2.30. The Balaban J connectivity index is 2.26. The number of alkyl halides is 1. The monoisotopic (exact) mass is 305 g/mol. The summed E-state index contributed by atoms with van der Waals surface area (Å²) in [6.07, 6.45) is -1.86. The van der Waals surface area contributed by atoms with Gasteiger partial charge in [0.25, 0.3) is 0 Å². The van der Waals surface area contributed by atoms with E-state index >= 15 is 0 Å². The van der Waals surface area contributed by atoms with E-state index in [1.807, 2.05) is 0 Å². The highest BCUT2D eigenvalue weighted by Gasteiger charge is 2.34. The molecule has 0 heterocycles. The van der Waals surface area contributed by atoms with Gasteiger partial charge < -0.3 is 10.8 Å². The number of halogens is 2. The number of hydrogen-bond donors (Lipinski definition) is 2. The van der Waals surface area contributed by atoms with Crippen molar-refractivity contribution in [2.75, 3.05) is 0 Å². The maximum absolute atomic E-state index is 14.6. The van der Waals surface area contributed by atoms with Crippen molar-refractivity contribution in [3.8, 4) is 0 Å². The van der Waals surface area contributed by atoms with Gasteiger partial charge in [-0.3, -0.25) is 4.79 Å². The predicted molar refractivity (Wildman–Crippen MR) is 79.5 cm³/mol. The fraction of sp³-hybridized carbons (Fsp3) is 0.235. The molecule has 0 bridgehead atoms. The average Bonchev–Trinajstić information content (AvgIpc) is 2.48. The molecule has 0 saturated heterocycles. The predicted octanol–water partition coefficient (Wildman–Crippen LogP) is 2.71. The molecule has 2 aromatic rings. The quantitative estimate of drug-likeness (QED) is 0.892. The van der Waals surface area contributed by atoms with Crippen molar-refractivity contribution in [1.82, 2.24) is 0 Å². The molecule has 2 atom stereocenters. The summed E-state index contributed by atoms with van der Waals surface area (Å²) in [5.41, 5.74) is 4.36. The second-order valence-corrected chi connectivity index (χ2v) is 5.35. The number of carbonyl (C=O) groups excluding carboxylic acids is 1. The van der Waals surface area contributed by atoms with Gasteiger partial charge in [-0.05, 0) is 36.2 Å². The van der Waals surface area contributed by atoms with Gasteiger partial charge in [0.05, 0.1) is 0 Å². The minimum atomic E-state index is -1.81. The number of primary amides is 1. The van der Waals surface area contributed by atoms with Gasteiger partial charge in [0.15, 0.2) is 0 Å². The Morgan fingerprint density at radius 1 is 1.23 bits per heavy atom. The summed E-state index contributed by atoms with van der Waals surface area (Å²) < 4.78 is 27.5. The Bertz CT molecular complexity index is 669. The zero-order chi connectivity index (χ0) is 16.3. The first-order chi connectivity index (χ1) is 10.3. The summed E-state index contributed by atoms with van der Waals surface area (Å²) in [5.74, 6) is -1.11. The first-order valence-corrected chi connectivity index (χ1v) is 6.82. The van der Waals surface area contributed by atoms with Gasteiger partial charge in [-0.2, -0.15) is 0 Å². The molecule has 1 amide bonds. The molecule has 0 aliphatic carbocycles. The van der Waals surface area contributed by atoms with Gasteiger partial charge >= 0.3 is 0 Å². The largest absolute Gasteiger partial charge is 0.382 e. The molecule has 0 aromatic heterocycles. The molecule has 0 saturated carbocycles. The van der Waals surface area contributed by atoms with E-state index in [0.29, 0.717) is 5.56 Å². The number of nitrogens with two attached hydrogens (primary N) is 1. The average molecular weight is 305 g/mol. The fourth-order valence-corrected chi connectivity index (χ4v) is 2.30. The zero-order valence-electron chi connectivity index (χ0n) is 12.1. The SMILES string of the molecule is CC(O)(c1ccc(F)cc1)[C@H](F)Cc1ccccc1C(N)=O. The lowest BCUT2D eigenvalue weighted by Crippen LogP contribution is -2.35. The van der Waals surface area contributed by atoms with Crippen molar-refractivity contribution in [3.63, 3.8) is 0 Å². The van der Waals surface area contributed by atoms with Crippen LogP contribution in [0.3, 0.4) is 0 Å². The van der Waals surface area contributed by atoms with Gasteiger partial charge in [-0.15, -0.1) is 0 Å². The van der Waals surface area contributed by atoms with Crippen LogP contribution >= 0.6 is 0 Å². The van der Waals surface area contributed by atoms with Crippen molar-refractivity contribution in [2.45, 2.75) is 25.1 Å². The van der Waals surface area contributed by atoms with Crippen LogP contribution in [0, 0.1) is 5.82 Å². The molecule has 0 radical (unpaired) electrons. The summed E-state index contributed by atoms with van der Waals surface area (Å²) in [6, 6.07) is 11.4. The van der Waals surface area contributed by atoms with E-state index in [0.717, 1.165) is 12.1 Å². The van der Waals surface area contributed by atoms with Crippen LogP contribution in [0.1, 0.15) is 28.4 Å². The molecule has 1 unspecified atom stereocenters. The Kier molecular flexibility index (Phi) is 4.56. The molecule has 22 heavy (non-hydrogen) atoms. The second kappa shape index (κ2) is 6.23. The van der Waals surface area contributed by atoms with Gasteiger partial charge in [-0.25, -0.2) is 8.78 Å². The maximum Gasteiger partial charge on any atom is 0.248 e. The number of aliphatic hydroxyl groups is 1. The lowest BCUT2D eigenvalue weighted by atomic mass is 9.86. The van der Waals surface area contributed by atoms with Crippen LogP contribution in [0.4, 0.5) is 8.78 Å². The van der Waals surface area contributed by atoms with E-state index in [9.17, 15) is 18.7 Å². The highest BCUT2D eigenvalue weighted by molar-refractivity contribution is 5.94. The van der Waals surface area contributed by atoms with E-state index < -0.39 is 23.5 Å². The number of rotatable bonds is 5. The minimum Gasteiger partial charge on any atom is -0.382 e. The third-order valence-corrected chi connectivity index (χ3v) is 3.72. The first-order valence-electron chi connectivity index (χ1n) is 6.82. The molecule has 116 valence electrons. The molecule has 0 spiro atoms. The summed E-state index contributed by atoms with van der Waals surface area (Å²) in [6.45, 7) is 1.32. The van der Waals surface area contributed by atoms with Crippen LogP contribution in [0.25, 0.3) is 0 Å². The minimum absolute atomic E-state index is 0.177. The third kappa shape index (κ3) is 3.31. The van der Waals surface area contributed by atoms with E-state index in [4.69, 9.17) is 5.73 Å². The summed E-state index contributed by atoms with van der Waals surface area (Å²) >= 11 is 0. The van der Waals surface area contributed by atoms with E-state index in [2.05, 4.69) is 0 Å². The van der Waals surface area contributed by atoms with Crippen LogP contribution < -0.4 is 5.73 Å². The van der Waals surface area contributed by atoms with Crippen LogP contribution in [-0.2, 0) is 12.0 Å². The third-order valence-electron chi connectivity index (χ3n) is 3.72. The molecule has 2 aromatic carbocycles. The standard InChI is InChI=1S/C17H17F2NO2/c1-17(22,12-6-8-13(18)9-7-12)15(19)10-11-4-2-3-5-14(11)16(20)21/h2-9,15,22H,10H2,1H3,(H2,20,21)/t15-,17?/m1/s1. The van der Waals surface area contributed by atoms with Crippen molar-refractivity contribution in [1.29, 1.82) is 0 Å². The summed E-state index contributed by atoms with van der Waals surface area (Å²) in [7, 11) is 0. The van der Waals surface area contributed by atoms with Crippen molar-refractivity contribution >= 4 is 5.91 Å². The van der Waals surface area contributed by atoms with Gasteiger partial charge in [0.2, 0.25) is 5.91 Å². The van der Waals surface area contributed by atoms with Crippen molar-refractivity contribution in [2.24, 2.45) is 5.73 Å². The summed E-state index contributed by atoms with van der Waals surface area (Å²) in [4.78, 5) is 11.4. The van der Waals surface area contributed by atoms with Crippen LogP contribution in [0.5, 0.6) is 0 Å². The normalized spacial score (nSPS) is 15.1. The highest BCUT2D eigenvalue weighted by Crippen LogP contribution is 2.30. The van der Waals surface area contributed by atoms with Crippen LogP contribution in [-0.4, -0.2) is 17.2 Å². The lowest BCUT2D eigenvalue weighted by Gasteiger charge is -2.28. The van der Waals surface area contributed by atoms with E-state index in [-0.39, 0.29) is 17.5 Å². The maximum atomic E-state index is 14.6. The van der Waals surface area contributed by atoms with E-state index in [1.54, 1.807) is 18.2 Å². The zero-order valence-corrected chi connectivity index (χ0v) is 12.1. The topological polar surface area (TPSA) is 63.3 Å². The molecular formula is C17H17F2NO2. The molecule has 3 N–H and O–H groups in total. The first kappa shape index (κ1) is 16.1. The van der Waals surface area contributed by atoms with Gasteiger partial charge in [-0.1, -0.05) is 30.3 Å². The number of hydrogen-bond acceptors (Lipinski definition) is 2. The van der Waals surface area contributed by atoms with Crippen molar-refractivity contribution in [3.05, 3.63) is 71.0 Å². The van der Waals surface area contributed by atoms with Gasteiger partial charge in [0, 0.05) is 12.0 Å². The number of benzene rings is 2. The molecule has 0 fully saturated rings. The Labute approximate surface area is 127 Å². The lowest BCUT2D eigenvalue weighted by molar-refractivity contribution is -0.0241. The Morgan fingerprint density at radius 3 is 2.41 bits per heavy atom. The molecule has 2 rings (SSSR count). The number of carbonyl (C=O) groups is 1. The summed E-state index contributed by atoms with van der Waals surface area (Å²) in [5, 5.41) is 10.4. The van der Waals surface area contributed by atoms with Crippen LogP contribution in [0.2, 0.25) is 0 Å². The molecular weight excluding hydrogens is 288 g/mol.